The average Bonchev–Trinajstić information content (AvgIpc) is 2.35. The molecule has 1 unspecified atom stereocenters. The highest BCUT2D eigenvalue weighted by atomic mass is 35.5. The number of benzene rings is 2. The Labute approximate surface area is 130 Å². The second-order valence-corrected chi connectivity index (χ2v) is 6.11. The van der Waals surface area contributed by atoms with E-state index in [0.717, 1.165) is 12.1 Å². The van der Waals surface area contributed by atoms with Crippen LogP contribution in [0.1, 0.15) is 35.2 Å². The van der Waals surface area contributed by atoms with Gasteiger partial charge in [0.2, 0.25) is 0 Å². The molecule has 0 saturated carbocycles. The maximum Gasteiger partial charge on any atom is 0.0468 e. The molecule has 0 fully saturated rings. The maximum absolute atomic E-state index is 6.23. The molecule has 0 bridgehead atoms. The summed E-state index contributed by atoms with van der Waals surface area (Å²) in [7, 11) is 0. The molecular weight excluding hydrogens is 289 g/mol. The second-order valence-electron chi connectivity index (χ2n) is 5.26. The van der Waals surface area contributed by atoms with Crippen LogP contribution < -0.4 is 5.32 Å². The highest BCUT2D eigenvalue weighted by Crippen LogP contribution is 2.26. The standard InChI is InChI=1S/C17H19Cl2N/c1-11-6-12(2)8-14(7-11)10-20-13(3)16-5-4-15(18)9-17(16)19/h4-9,13,20H,10H2,1-3H3. The zero-order valence-corrected chi connectivity index (χ0v) is 13.5. The van der Waals surface area contributed by atoms with Crippen molar-refractivity contribution in [3.05, 3.63) is 68.7 Å². The first-order valence-electron chi connectivity index (χ1n) is 6.71. The molecule has 0 aliphatic heterocycles. The molecule has 0 saturated heterocycles. The van der Waals surface area contributed by atoms with Crippen LogP contribution in [-0.4, -0.2) is 0 Å². The molecule has 0 aliphatic rings. The first-order valence-corrected chi connectivity index (χ1v) is 7.47. The number of rotatable bonds is 4. The normalized spacial score (nSPS) is 12.4. The molecule has 1 atom stereocenters. The van der Waals surface area contributed by atoms with E-state index in [1.807, 2.05) is 12.1 Å². The van der Waals surface area contributed by atoms with E-state index in [1.165, 1.54) is 16.7 Å². The van der Waals surface area contributed by atoms with E-state index in [-0.39, 0.29) is 6.04 Å². The Morgan fingerprint density at radius 3 is 2.25 bits per heavy atom. The third-order valence-electron chi connectivity index (χ3n) is 3.32. The molecule has 1 N–H and O–H groups in total. The highest BCUT2D eigenvalue weighted by molar-refractivity contribution is 6.35. The van der Waals surface area contributed by atoms with Crippen molar-refractivity contribution in [1.82, 2.24) is 5.32 Å². The van der Waals surface area contributed by atoms with Gasteiger partial charge in [0.15, 0.2) is 0 Å². The molecule has 0 aromatic heterocycles. The summed E-state index contributed by atoms with van der Waals surface area (Å²) in [5, 5.41) is 4.88. The quantitative estimate of drug-likeness (QED) is 0.790. The van der Waals surface area contributed by atoms with Crippen molar-refractivity contribution in [2.24, 2.45) is 0 Å². The van der Waals surface area contributed by atoms with E-state index in [4.69, 9.17) is 23.2 Å². The maximum atomic E-state index is 6.23. The number of halogens is 2. The number of nitrogens with one attached hydrogen (secondary N) is 1. The zero-order valence-electron chi connectivity index (χ0n) is 12.0. The number of hydrogen-bond donors (Lipinski definition) is 1. The van der Waals surface area contributed by atoms with Gasteiger partial charge >= 0.3 is 0 Å². The zero-order chi connectivity index (χ0) is 14.7. The van der Waals surface area contributed by atoms with Gasteiger partial charge in [0, 0.05) is 22.6 Å². The Morgan fingerprint density at radius 1 is 1.00 bits per heavy atom. The second kappa shape index (κ2) is 6.62. The van der Waals surface area contributed by atoms with E-state index < -0.39 is 0 Å². The fourth-order valence-corrected chi connectivity index (χ4v) is 2.98. The summed E-state index contributed by atoms with van der Waals surface area (Å²) in [6, 6.07) is 12.4. The van der Waals surface area contributed by atoms with E-state index in [1.54, 1.807) is 6.07 Å². The molecule has 0 aliphatic carbocycles. The summed E-state index contributed by atoms with van der Waals surface area (Å²) >= 11 is 12.2. The fourth-order valence-electron chi connectivity index (χ4n) is 2.40. The van der Waals surface area contributed by atoms with E-state index >= 15 is 0 Å². The molecule has 2 aromatic rings. The lowest BCUT2D eigenvalue weighted by Crippen LogP contribution is -2.18. The number of hydrogen-bond acceptors (Lipinski definition) is 1. The van der Waals surface area contributed by atoms with Crippen molar-refractivity contribution in [2.45, 2.75) is 33.4 Å². The predicted octanol–water partition coefficient (Wildman–Crippen LogP) is 5.46. The van der Waals surface area contributed by atoms with Crippen LogP contribution in [0.2, 0.25) is 10.0 Å². The molecule has 106 valence electrons. The molecule has 3 heteroatoms. The summed E-state index contributed by atoms with van der Waals surface area (Å²) < 4.78 is 0. The van der Waals surface area contributed by atoms with Crippen molar-refractivity contribution in [3.63, 3.8) is 0 Å². The predicted molar refractivity (Wildman–Crippen MR) is 87.6 cm³/mol. The Balaban J connectivity index is 2.06. The third-order valence-corrected chi connectivity index (χ3v) is 3.89. The molecule has 2 rings (SSSR count). The van der Waals surface area contributed by atoms with Gasteiger partial charge in [0.05, 0.1) is 0 Å². The summed E-state index contributed by atoms with van der Waals surface area (Å²) in [6.45, 7) is 7.17. The van der Waals surface area contributed by atoms with E-state index in [2.05, 4.69) is 44.3 Å². The van der Waals surface area contributed by atoms with Crippen LogP contribution in [0.5, 0.6) is 0 Å². The fraction of sp³-hybridized carbons (Fsp3) is 0.294. The summed E-state index contributed by atoms with van der Waals surface area (Å²) in [4.78, 5) is 0. The van der Waals surface area contributed by atoms with Crippen LogP contribution in [0.3, 0.4) is 0 Å². The van der Waals surface area contributed by atoms with Crippen molar-refractivity contribution in [2.75, 3.05) is 0 Å². The van der Waals surface area contributed by atoms with Crippen molar-refractivity contribution >= 4 is 23.2 Å². The Bertz CT molecular complexity index is 588. The third kappa shape index (κ3) is 3.99. The van der Waals surface area contributed by atoms with E-state index in [9.17, 15) is 0 Å². The first-order chi connectivity index (χ1) is 9.45. The van der Waals surface area contributed by atoms with Gasteiger partial charge in [-0.05, 0) is 44.0 Å². The molecule has 0 heterocycles. The molecule has 2 aromatic carbocycles. The first kappa shape index (κ1) is 15.4. The van der Waals surface area contributed by atoms with Crippen LogP contribution in [0.25, 0.3) is 0 Å². The summed E-state index contributed by atoms with van der Waals surface area (Å²) in [5.74, 6) is 0. The van der Waals surface area contributed by atoms with Crippen molar-refractivity contribution in [1.29, 1.82) is 0 Å². The van der Waals surface area contributed by atoms with Crippen LogP contribution in [-0.2, 0) is 6.54 Å². The lowest BCUT2D eigenvalue weighted by atomic mass is 10.1. The topological polar surface area (TPSA) is 12.0 Å². The summed E-state index contributed by atoms with van der Waals surface area (Å²) in [5.41, 5.74) is 4.94. The minimum Gasteiger partial charge on any atom is -0.306 e. The molecule has 20 heavy (non-hydrogen) atoms. The van der Waals surface area contributed by atoms with Gasteiger partial charge in [-0.1, -0.05) is 58.6 Å². The molecule has 0 amide bonds. The largest absolute Gasteiger partial charge is 0.306 e. The minimum atomic E-state index is 0.181. The SMILES string of the molecule is Cc1cc(C)cc(CNC(C)c2ccc(Cl)cc2Cl)c1. The van der Waals surface area contributed by atoms with Crippen LogP contribution in [0, 0.1) is 13.8 Å². The Morgan fingerprint density at radius 2 is 1.65 bits per heavy atom. The minimum absolute atomic E-state index is 0.181. The van der Waals surface area contributed by atoms with Crippen LogP contribution in [0.15, 0.2) is 36.4 Å². The smallest absolute Gasteiger partial charge is 0.0468 e. The van der Waals surface area contributed by atoms with Crippen LogP contribution in [0.4, 0.5) is 0 Å². The van der Waals surface area contributed by atoms with Gasteiger partial charge in [-0.15, -0.1) is 0 Å². The average molecular weight is 308 g/mol. The molecule has 0 spiro atoms. The van der Waals surface area contributed by atoms with Gasteiger partial charge in [-0.3, -0.25) is 0 Å². The summed E-state index contributed by atoms with van der Waals surface area (Å²) in [6.07, 6.45) is 0. The van der Waals surface area contributed by atoms with E-state index in [0.29, 0.717) is 10.0 Å². The van der Waals surface area contributed by atoms with Gasteiger partial charge in [0.25, 0.3) is 0 Å². The van der Waals surface area contributed by atoms with Gasteiger partial charge in [-0.2, -0.15) is 0 Å². The Hall–Kier alpha value is -1.02. The van der Waals surface area contributed by atoms with Gasteiger partial charge in [0.1, 0.15) is 0 Å². The van der Waals surface area contributed by atoms with Crippen molar-refractivity contribution < 1.29 is 0 Å². The Kier molecular flexibility index (Phi) is 5.09. The monoisotopic (exact) mass is 307 g/mol. The lowest BCUT2D eigenvalue weighted by molar-refractivity contribution is 0.574. The molecular formula is C17H19Cl2N. The molecule has 1 nitrogen and oxygen atoms in total. The highest BCUT2D eigenvalue weighted by Gasteiger charge is 2.09. The lowest BCUT2D eigenvalue weighted by Gasteiger charge is -2.16. The molecule has 0 radical (unpaired) electrons. The van der Waals surface area contributed by atoms with Gasteiger partial charge < -0.3 is 5.32 Å². The van der Waals surface area contributed by atoms with Crippen molar-refractivity contribution in [3.8, 4) is 0 Å². The number of aryl methyl sites for hydroxylation is 2. The van der Waals surface area contributed by atoms with Crippen LogP contribution >= 0.6 is 23.2 Å². The van der Waals surface area contributed by atoms with Gasteiger partial charge in [-0.25, -0.2) is 0 Å².